The standard InChI is InChI=1S/C23H19FN2O4S/c1-30-23(27)18-7-11-19(12-8-18)26-22(17-5-3-2-4-6-17)15-21(25-26)16-9-13-20(14-10-16)31(24,28)29/h2-14,22H,15H2,1H3. The molecule has 31 heavy (non-hydrogen) atoms. The van der Waals surface area contributed by atoms with Gasteiger partial charge in [0.05, 0.1) is 35.0 Å². The summed E-state index contributed by atoms with van der Waals surface area (Å²) in [5.74, 6) is -0.417. The third-order valence-electron chi connectivity index (χ3n) is 5.12. The molecule has 158 valence electrons. The number of nitrogens with zero attached hydrogens (tertiary/aromatic N) is 2. The first-order chi connectivity index (χ1) is 14.9. The summed E-state index contributed by atoms with van der Waals surface area (Å²) < 4.78 is 40.2. The van der Waals surface area contributed by atoms with Crippen molar-refractivity contribution < 1.29 is 21.8 Å². The average molecular weight is 438 g/mol. The van der Waals surface area contributed by atoms with Crippen molar-refractivity contribution in [2.45, 2.75) is 17.4 Å². The van der Waals surface area contributed by atoms with Crippen molar-refractivity contribution in [1.82, 2.24) is 0 Å². The highest BCUT2D eigenvalue weighted by Gasteiger charge is 2.30. The number of methoxy groups -OCH3 is 1. The zero-order chi connectivity index (χ0) is 22.0. The van der Waals surface area contributed by atoms with Crippen molar-refractivity contribution in [1.29, 1.82) is 0 Å². The number of carbonyl (C=O) groups is 1. The molecule has 0 radical (unpaired) electrons. The number of benzene rings is 3. The first kappa shape index (κ1) is 20.7. The van der Waals surface area contributed by atoms with E-state index in [0.717, 1.165) is 17.0 Å². The van der Waals surface area contributed by atoms with Crippen LogP contribution in [0.5, 0.6) is 0 Å². The third-order valence-corrected chi connectivity index (χ3v) is 5.95. The molecule has 1 atom stereocenters. The van der Waals surface area contributed by atoms with Crippen molar-refractivity contribution in [3.63, 3.8) is 0 Å². The van der Waals surface area contributed by atoms with Gasteiger partial charge in [0, 0.05) is 6.42 Å². The molecule has 0 spiro atoms. The van der Waals surface area contributed by atoms with Crippen LogP contribution in [-0.2, 0) is 15.0 Å². The van der Waals surface area contributed by atoms with Crippen LogP contribution in [0.4, 0.5) is 9.57 Å². The minimum Gasteiger partial charge on any atom is -0.465 e. The lowest BCUT2D eigenvalue weighted by Crippen LogP contribution is -2.18. The van der Waals surface area contributed by atoms with Crippen LogP contribution in [0.1, 0.15) is 33.9 Å². The van der Waals surface area contributed by atoms with Gasteiger partial charge in [-0.15, -0.1) is 3.89 Å². The van der Waals surface area contributed by atoms with Gasteiger partial charge < -0.3 is 4.74 Å². The van der Waals surface area contributed by atoms with Crippen LogP contribution >= 0.6 is 0 Å². The minimum atomic E-state index is -4.75. The normalized spacial score (nSPS) is 16.1. The number of carbonyl (C=O) groups excluding carboxylic acids is 1. The van der Waals surface area contributed by atoms with Gasteiger partial charge >= 0.3 is 16.2 Å². The van der Waals surface area contributed by atoms with Gasteiger partial charge in [-0.25, -0.2) is 4.79 Å². The number of esters is 1. The SMILES string of the molecule is COC(=O)c1ccc(N2N=C(c3ccc(S(=O)(=O)F)cc3)CC2c2ccccc2)cc1. The van der Waals surface area contributed by atoms with E-state index in [-0.39, 0.29) is 10.9 Å². The van der Waals surface area contributed by atoms with Crippen LogP contribution in [0.2, 0.25) is 0 Å². The molecule has 0 amide bonds. The fraction of sp³-hybridized carbons (Fsp3) is 0.130. The predicted octanol–water partition coefficient (Wildman–Crippen LogP) is 4.49. The summed E-state index contributed by atoms with van der Waals surface area (Å²) in [6.07, 6.45) is 0.574. The van der Waals surface area contributed by atoms with Crippen LogP contribution in [0, 0.1) is 0 Å². The monoisotopic (exact) mass is 438 g/mol. The highest BCUT2D eigenvalue weighted by atomic mass is 32.3. The number of ether oxygens (including phenoxy) is 1. The van der Waals surface area contributed by atoms with Gasteiger partial charge in [-0.1, -0.05) is 42.5 Å². The summed E-state index contributed by atoms with van der Waals surface area (Å²) in [6, 6.07) is 22.3. The van der Waals surface area contributed by atoms with Gasteiger partial charge in [0.25, 0.3) is 0 Å². The highest BCUT2D eigenvalue weighted by Crippen LogP contribution is 2.36. The van der Waals surface area contributed by atoms with E-state index < -0.39 is 16.2 Å². The molecular formula is C23H19FN2O4S. The zero-order valence-corrected chi connectivity index (χ0v) is 17.4. The molecule has 1 unspecified atom stereocenters. The lowest BCUT2D eigenvalue weighted by Gasteiger charge is -2.24. The van der Waals surface area contributed by atoms with Gasteiger partial charge in [-0.3, -0.25) is 5.01 Å². The molecule has 8 heteroatoms. The first-order valence-corrected chi connectivity index (χ1v) is 10.9. The van der Waals surface area contributed by atoms with E-state index in [1.165, 1.54) is 19.2 Å². The Bertz CT molecular complexity index is 1220. The van der Waals surface area contributed by atoms with Gasteiger partial charge in [0.15, 0.2) is 0 Å². The van der Waals surface area contributed by atoms with Crippen LogP contribution in [0.15, 0.2) is 88.9 Å². The first-order valence-electron chi connectivity index (χ1n) is 9.52. The molecule has 3 aromatic carbocycles. The third kappa shape index (κ3) is 4.34. The Labute approximate surface area is 179 Å². The average Bonchev–Trinajstić information content (AvgIpc) is 3.24. The Morgan fingerprint density at radius 3 is 2.23 bits per heavy atom. The Hall–Kier alpha value is -3.52. The topological polar surface area (TPSA) is 76.0 Å². The molecule has 0 N–H and O–H groups in total. The minimum absolute atomic E-state index is 0.0928. The smallest absolute Gasteiger partial charge is 0.337 e. The summed E-state index contributed by atoms with van der Waals surface area (Å²) in [7, 11) is -3.42. The number of hydrazone groups is 1. The van der Waals surface area contributed by atoms with E-state index >= 15 is 0 Å². The summed E-state index contributed by atoms with van der Waals surface area (Å²) in [4.78, 5) is 11.3. The number of hydrogen-bond donors (Lipinski definition) is 0. The number of halogens is 1. The Morgan fingerprint density at radius 2 is 1.65 bits per heavy atom. The molecule has 0 saturated carbocycles. The summed E-state index contributed by atoms with van der Waals surface area (Å²) >= 11 is 0. The van der Waals surface area contributed by atoms with Crippen LogP contribution in [0.3, 0.4) is 0 Å². The lowest BCUT2D eigenvalue weighted by atomic mass is 9.98. The summed E-state index contributed by atoms with van der Waals surface area (Å²) in [5.41, 5.74) is 3.74. The van der Waals surface area contributed by atoms with Crippen LogP contribution in [-0.4, -0.2) is 27.2 Å². The molecule has 1 heterocycles. The van der Waals surface area contributed by atoms with Crippen LogP contribution < -0.4 is 5.01 Å². The van der Waals surface area contributed by atoms with E-state index in [4.69, 9.17) is 9.84 Å². The van der Waals surface area contributed by atoms with E-state index in [2.05, 4.69) is 0 Å². The maximum Gasteiger partial charge on any atom is 0.337 e. The molecular weight excluding hydrogens is 419 g/mol. The fourth-order valence-corrected chi connectivity index (χ4v) is 4.00. The second-order valence-electron chi connectivity index (χ2n) is 7.02. The van der Waals surface area contributed by atoms with Gasteiger partial charge in [-0.05, 0) is 47.5 Å². The number of hydrogen-bond acceptors (Lipinski definition) is 6. The Balaban J connectivity index is 1.70. The van der Waals surface area contributed by atoms with E-state index in [9.17, 15) is 17.1 Å². The fourth-order valence-electron chi connectivity index (χ4n) is 3.54. The van der Waals surface area contributed by atoms with Crippen molar-refractivity contribution in [2.75, 3.05) is 12.1 Å². The van der Waals surface area contributed by atoms with Gasteiger partial charge in [0.1, 0.15) is 0 Å². The molecule has 1 aliphatic heterocycles. The van der Waals surface area contributed by atoms with Crippen molar-refractivity contribution >= 4 is 27.6 Å². The zero-order valence-electron chi connectivity index (χ0n) is 16.6. The predicted molar refractivity (Wildman–Crippen MR) is 115 cm³/mol. The van der Waals surface area contributed by atoms with Crippen molar-refractivity contribution in [3.8, 4) is 0 Å². The van der Waals surface area contributed by atoms with Crippen LogP contribution in [0.25, 0.3) is 0 Å². The highest BCUT2D eigenvalue weighted by molar-refractivity contribution is 7.86. The Morgan fingerprint density at radius 1 is 1.00 bits per heavy atom. The lowest BCUT2D eigenvalue weighted by molar-refractivity contribution is 0.0600. The van der Waals surface area contributed by atoms with E-state index in [1.807, 2.05) is 35.3 Å². The Kier molecular flexibility index (Phi) is 5.56. The molecule has 0 bridgehead atoms. The van der Waals surface area contributed by atoms with E-state index in [1.54, 1.807) is 36.4 Å². The second-order valence-corrected chi connectivity index (χ2v) is 8.37. The van der Waals surface area contributed by atoms with Crippen molar-refractivity contribution in [3.05, 3.63) is 95.6 Å². The second kappa shape index (κ2) is 8.31. The number of anilines is 1. The van der Waals surface area contributed by atoms with Gasteiger partial charge in [0.2, 0.25) is 0 Å². The molecule has 3 aromatic rings. The summed E-state index contributed by atoms with van der Waals surface area (Å²) in [5, 5.41) is 6.63. The molecule has 0 aliphatic carbocycles. The molecule has 4 rings (SSSR count). The molecule has 6 nitrogen and oxygen atoms in total. The van der Waals surface area contributed by atoms with Crippen molar-refractivity contribution in [2.24, 2.45) is 5.10 Å². The maximum atomic E-state index is 13.2. The van der Waals surface area contributed by atoms with Gasteiger partial charge in [-0.2, -0.15) is 13.5 Å². The largest absolute Gasteiger partial charge is 0.465 e. The number of rotatable bonds is 5. The molecule has 0 saturated heterocycles. The van der Waals surface area contributed by atoms with E-state index in [0.29, 0.717) is 17.5 Å². The molecule has 1 aliphatic rings. The molecule has 0 aromatic heterocycles. The quantitative estimate of drug-likeness (QED) is 0.433. The maximum absolute atomic E-state index is 13.2. The summed E-state index contributed by atoms with van der Waals surface area (Å²) in [6.45, 7) is 0. The molecule has 0 fully saturated rings.